The molecule has 2 aliphatic heterocycles. The number of amides is 2. The lowest BCUT2D eigenvalue weighted by atomic mass is 9.98. The zero-order valence-corrected chi connectivity index (χ0v) is 13.3. The van der Waals surface area contributed by atoms with Crippen LogP contribution in [0.3, 0.4) is 0 Å². The highest BCUT2D eigenvalue weighted by atomic mass is 32.1. The summed E-state index contributed by atoms with van der Waals surface area (Å²) in [6.07, 6.45) is 3.20. The molecule has 0 spiro atoms. The van der Waals surface area contributed by atoms with E-state index < -0.39 is 0 Å². The van der Waals surface area contributed by atoms with Crippen LogP contribution >= 0.6 is 11.3 Å². The first kappa shape index (κ1) is 14.5. The number of hydrogen-bond acceptors (Lipinski definition) is 4. The molecule has 3 rings (SSSR count). The first-order valence-corrected chi connectivity index (χ1v) is 8.38. The largest absolute Gasteiger partial charge is 0.344 e. The summed E-state index contributed by atoms with van der Waals surface area (Å²) in [5, 5.41) is 3.93. The highest BCUT2D eigenvalue weighted by Gasteiger charge is 2.34. The molecule has 2 aliphatic rings. The molecule has 6 heteroatoms. The van der Waals surface area contributed by atoms with Crippen LogP contribution in [-0.2, 0) is 9.59 Å². The molecule has 21 heavy (non-hydrogen) atoms. The molecule has 1 aromatic rings. The van der Waals surface area contributed by atoms with Crippen molar-refractivity contribution < 1.29 is 9.59 Å². The van der Waals surface area contributed by atoms with Gasteiger partial charge in [0.25, 0.3) is 0 Å². The minimum atomic E-state index is -0.309. The SMILES string of the molecule is Cc1nc([C@@H]2CCCN(C(=O)[C@H]3CCC(=O)N3)C2)sc1C. The van der Waals surface area contributed by atoms with E-state index in [2.05, 4.69) is 17.2 Å². The van der Waals surface area contributed by atoms with Gasteiger partial charge in [-0.2, -0.15) is 0 Å². The van der Waals surface area contributed by atoms with Crippen molar-refractivity contribution in [3.8, 4) is 0 Å². The summed E-state index contributed by atoms with van der Waals surface area (Å²) in [4.78, 5) is 31.6. The van der Waals surface area contributed by atoms with Crippen molar-refractivity contribution in [3.05, 3.63) is 15.6 Å². The molecule has 2 amide bonds. The number of aryl methyl sites for hydroxylation is 2. The Morgan fingerprint density at radius 2 is 2.19 bits per heavy atom. The fourth-order valence-electron chi connectivity index (χ4n) is 3.07. The van der Waals surface area contributed by atoms with Crippen molar-refractivity contribution in [2.24, 2.45) is 0 Å². The molecular formula is C15H21N3O2S. The van der Waals surface area contributed by atoms with E-state index >= 15 is 0 Å². The molecule has 2 atom stereocenters. The minimum absolute atomic E-state index is 0.00641. The van der Waals surface area contributed by atoms with Gasteiger partial charge in [-0.15, -0.1) is 11.3 Å². The number of carbonyl (C=O) groups is 2. The van der Waals surface area contributed by atoms with E-state index in [1.54, 1.807) is 11.3 Å². The van der Waals surface area contributed by atoms with Crippen LogP contribution in [0.5, 0.6) is 0 Å². The normalized spacial score (nSPS) is 26.0. The van der Waals surface area contributed by atoms with Gasteiger partial charge in [-0.1, -0.05) is 0 Å². The standard InChI is InChI=1S/C15H21N3O2S/c1-9-10(2)21-14(16-9)11-4-3-7-18(8-11)15(20)12-5-6-13(19)17-12/h11-12H,3-8H2,1-2H3,(H,17,19)/t11-,12-/m1/s1. The van der Waals surface area contributed by atoms with Gasteiger partial charge in [-0.3, -0.25) is 9.59 Å². The van der Waals surface area contributed by atoms with Crippen molar-refractivity contribution >= 4 is 23.2 Å². The molecule has 114 valence electrons. The summed E-state index contributed by atoms with van der Waals surface area (Å²) in [6, 6.07) is -0.309. The fourth-order valence-corrected chi connectivity index (χ4v) is 4.12. The van der Waals surface area contributed by atoms with Crippen LogP contribution in [0.1, 0.15) is 47.2 Å². The Balaban J connectivity index is 1.68. The van der Waals surface area contributed by atoms with Crippen LogP contribution in [0.4, 0.5) is 0 Å². The molecule has 0 radical (unpaired) electrons. The van der Waals surface area contributed by atoms with Gasteiger partial charge in [0.05, 0.1) is 10.7 Å². The molecule has 0 saturated carbocycles. The van der Waals surface area contributed by atoms with Gasteiger partial charge < -0.3 is 10.2 Å². The number of nitrogens with zero attached hydrogens (tertiary/aromatic N) is 2. The highest BCUT2D eigenvalue weighted by Crippen LogP contribution is 2.31. The van der Waals surface area contributed by atoms with Crippen molar-refractivity contribution in [2.45, 2.75) is 51.5 Å². The number of rotatable bonds is 2. The molecule has 2 fully saturated rings. The van der Waals surface area contributed by atoms with Crippen LogP contribution < -0.4 is 5.32 Å². The minimum Gasteiger partial charge on any atom is -0.344 e. The quantitative estimate of drug-likeness (QED) is 0.905. The van der Waals surface area contributed by atoms with E-state index in [1.165, 1.54) is 4.88 Å². The smallest absolute Gasteiger partial charge is 0.245 e. The molecule has 1 aromatic heterocycles. The van der Waals surface area contributed by atoms with Crippen molar-refractivity contribution in [3.63, 3.8) is 0 Å². The van der Waals surface area contributed by atoms with Gasteiger partial charge in [0, 0.05) is 30.3 Å². The van der Waals surface area contributed by atoms with Crippen LogP contribution in [0.2, 0.25) is 0 Å². The molecule has 2 saturated heterocycles. The zero-order chi connectivity index (χ0) is 15.0. The number of likely N-dealkylation sites (tertiary alicyclic amines) is 1. The topological polar surface area (TPSA) is 62.3 Å². The third kappa shape index (κ3) is 2.95. The lowest BCUT2D eigenvalue weighted by Crippen LogP contribution is -2.48. The first-order chi connectivity index (χ1) is 10.0. The summed E-state index contributed by atoms with van der Waals surface area (Å²) in [5.41, 5.74) is 1.10. The lowest BCUT2D eigenvalue weighted by molar-refractivity contribution is -0.135. The fraction of sp³-hybridized carbons (Fsp3) is 0.667. The molecular weight excluding hydrogens is 286 g/mol. The number of piperidine rings is 1. The molecule has 0 aromatic carbocycles. The van der Waals surface area contributed by atoms with E-state index in [9.17, 15) is 9.59 Å². The Morgan fingerprint density at radius 3 is 2.81 bits per heavy atom. The van der Waals surface area contributed by atoms with E-state index in [0.717, 1.165) is 36.6 Å². The van der Waals surface area contributed by atoms with Crippen LogP contribution in [0.15, 0.2) is 0 Å². The first-order valence-electron chi connectivity index (χ1n) is 7.56. The average molecular weight is 307 g/mol. The Bertz CT molecular complexity index is 550. The van der Waals surface area contributed by atoms with E-state index in [4.69, 9.17) is 0 Å². The highest BCUT2D eigenvalue weighted by molar-refractivity contribution is 7.11. The van der Waals surface area contributed by atoms with E-state index in [1.807, 2.05) is 11.8 Å². The van der Waals surface area contributed by atoms with Gasteiger partial charge in [-0.25, -0.2) is 4.98 Å². The van der Waals surface area contributed by atoms with Crippen molar-refractivity contribution in [1.29, 1.82) is 0 Å². The number of carbonyl (C=O) groups excluding carboxylic acids is 2. The molecule has 0 bridgehead atoms. The maximum Gasteiger partial charge on any atom is 0.245 e. The molecule has 1 N–H and O–H groups in total. The molecule has 3 heterocycles. The summed E-state index contributed by atoms with van der Waals surface area (Å²) in [7, 11) is 0. The van der Waals surface area contributed by atoms with Gasteiger partial charge in [0.1, 0.15) is 6.04 Å². The average Bonchev–Trinajstić information content (AvgIpc) is 3.05. The number of aromatic nitrogens is 1. The number of nitrogens with one attached hydrogen (secondary N) is 1. The summed E-state index contributed by atoms with van der Waals surface area (Å²) >= 11 is 1.75. The molecule has 0 unspecified atom stereocenters. The van der Waals surface area contributed by atoms with Gasteiger partial charge in [0.2, 0.25) is 11.8 Å². The predicted molar refractivity (Wildman–Crippen MR) is 81.3 cm³/mol. The Labute approximate surface area is 128 Å². The number of hydrogen-bond donors (Lipinski definition) is 1. The van der Waals surface area contributed by atoms with Crippen LogP contribution in [0, 0.1) is 13.8 Å². The second-order valence-corrected chi connectivity index (χ2v) is 7.21. The van der Waals surface area contributed by atoms with Gasteiger partial charge in [-0.05, 0) is 33.1 Å². The van der Waals surface area contributed by atoms with Gasteiger partial charge >= 0.3 is 0 Å². The predicted octanol–water partition coefficient (Wildman–Crippen LogP) is 1.74. The monoisotopic (exact) mass is 307 g/mol. The Hall–Kier alpha value is -1.43. The van der Waals surface area contributed by atoms with E-state index in [0.29, 0.717) is 18.8 Å². The lowest BCUT2D eigenvalue weighted by Gasteiger charge is -2.33. The van der Waals surface area contributed by atoms with Crippen LogP contribution in [-0.4, -0.2) is 40.8 Å². The van der Waals surface area contributed by atoms with Gasteiger partial charge in [0.15, 0.2) is 0 Å². The third-order valence-corrected chi connectivity index (χ3v) is 5.66. The van der Waals surface area contributed by atoms with Crippen molar-refractivity contribution in [2.75, 3.05) is 13.1 Å². The maximum absolute atomic E-state index is 12.5. The second-order valence-electron chi connectivity index (χ2n) is 5.98. The summed E-state index contributed by atoms with van der Waals surface area (Å²) in [6.45, 7) is 5.66. The molecule has 5 nitrogen and oxygen atoms in total. The van der Waals surface area contributed by atoms with Crippen molar-refractivity contribution in [1.82, 2.24) is 15.2 Å². The Kier molecular flexibility index (Phi) is 3.97. The maximum atomic E-state index is 12.5. The zero-order valence-electron chi connectivity index (χ0n) is 12.5. The summed E-state index contributed by atoms with van der Waals surface area (Å²) in [5.74, 6) is 0.417. The Morgan fingerprint density at radius 1 is 1.38 bits per heavy atom. The number of thiazole rings is 1. The van der Waals surface area contributed by atoms with E-state index in [-0.39, 0.29) is 17.9 Å². The third-order valence-electron chi connectivity index (χ3n) is 4.42. The second kappa shape index (κ2) is 5.75. The summed E-state index contributed by atoms with van der Waals surface area (Å²) < 4.78 is 0. The van der Waals surface area contributed by atoms with Crippen LogP contribution in [0.25, 0.3) is 0 Å². The molecule has 0 aliphatic carbocycles.